The van der Waals surface area contributed by atoms with Gasteiger partial charge in [0.15, 0.2) is 0 Å². The maximum atomic E-state index is 6.14. The van der Waals surface area contributed by atoms with E-state index in [0.29, 0.717) is 12.6 Å². The van der Waals surface area contributed by atoms with Gasteiger partial charge < -0.3 is 19.5 Å². The summed E-state index contributed by atoms with van der Waals surface area (Å²) in [7, 11) is 1.70. The second-order valence-corrected chi connectivity index (χ2v) is 5.76. The lowest BCUT2D eigenvalue weighted by Gasteiger charge is -2.23. The molecule has 1 aliphatic heterocycles. The summed E-state index contributed by atoms with van der Waals surface area (Å²) in [6, 6.07) is 8.48. The van der Waals surface area contributed by atoms with Gasteiger partial charge in [0.25, 0.3) is 0 Å². The van der Waals surface area contributed by atoms with E-state index in [0.717, 1.165) is 37.3 Å². The molecule has 0 amide bonds. The van der Waals surface area contributed by atoms with Crippen molar-refractivity contribution in [2.75, 3.05) is 26.9 Å². The van der Waals surface area contributed by atoms with Gasteiger partial charge in [0, 0.05) is 24.8 Å². The van der Waals surface area contributed by atoms with E-state index in [1.807, 2.05) is 18.2 Å². The monoisotopic (exact) mass is 293 g/mol. The van der Waals surface area contributed by atoms with Gasteiger partial charge in [-0.15, -0.1) is 0 Å². The first-order chi connectivity index (χ1) is 10.2. The smallest absolute Gasteiger partial charge is 0.124 e. The number of nitrogens with one attached hydrogen (secondary N) is 1. The Balaban J connectivity index is 2.02. The summed E-state index contributed by atoms with van der Waals surface area (Å²) in [5, 5.41) is 3.45. The lowest BCUT2D eigenvalue weighted by Crippen LogP contribution is -2.30. The van der Waals surface area contributed by atoms with Crippen molar-refractivity contribution in [3.8, 4) is 5.75 Å². The highest BCUT2D eigenvalue weighted by Crippen LogP contribution is 2.28. The lowest BCUT2D eigenvalue weighted by atomic mass is 10.1. The van der Waals surface area contributed by atoms with Gasteiger partial charge in [-0.3, -0.25) is 0 Å². The summed E-state index contributed by atoms with van der Waals surface area (Å²) < 4.78 is 17.2. The molecule has 2 rings (SSSR count). The molecule has 2 atom stereocenters. The first kappa shape index (κ1) is 16.3. The van der Waals surface area contributed by atoms with E-state index in [1.54, 1.807) is 7.11 Å². The number of hydrogen-bond acceptors (Lipinski definition) is 4. The summed E-state index contributed by atoms with van der Waals surface area (Å²) in [4.78, 5) is 0. The van der Waals surface area contributed by atoms with Crippen molar-refractivity contribution < 1.29 is 14.2 Å². The molecule has 1 aromatic carbocycles. The van der Waals surface area contributed by atoms with Gasteiger partial charge in [-0.2, -0.15) is 0 Å². The molecule has 1 fully saturated rings. The molecule has 1 aliphatic rings. The van der Waals surface area contributed by atoms with E-state index >= 15 is 0 Å². The van der Waals surface area contributed by atoms with Gasteiger partial charge in [0.1, 0.15) is 5.75 Å². The summed E-state index contributed by atoms with van der Waals surface area (Å²) >= 11 is 0. The molecule has 4 nitrogen and oxygen atoms in total. The quantitative estimate of drug-likeness (QED) is 0.800. The van der Waals surface area contributed by atoms with Crippen LogP contribution in [0.4, 0.5) is 0 Å². The molecular formula is C17H27NO3. The van der Waals surface area contributed by atoms with Crippen molar-refractivity contribution in [2.24, 2.45) is 0 Å². The van der Waals surface area contributed by atoms with Crippen molar-refractivity contribution in [1.29, 1.82) is 0 Å². The van der Waals surface area contributed by atoms with Crippen LogP contribution in [0.2, 0.25) is 0 Å². The molecule has 1 aromatic rings. The summed E-state index contributed by atoms with van der Waals surface area (Å²) in [6.45, 7) is 6.55. The maximum absolute atomic E-state index is 6.14. The van der Waals surface area contributed by atoms with Crippen molar-refractivity contribution >= 4 is 0 Å². The molecule has 0 bridgehead atoms. The second kappa shape index (κ2) is 8.37. The molecule has 4 heteroatoms. The first-order valence-corrected chi connectivity index (χ1v) is 7.80. The Labute approximate surface area is 127 Å². The molecule has 2 unspecified atom stereocenters. The van der Waals surface area contributed by atoms with Crippen molar-refractivity contribution in [2.45, 2.75) is 44.9 Å². The van der Waals surface area contributed by atoms with E-state index in [2.05, 4.69) is 25.2 Å². The predicted octanol–water partition coefficient (Wildman–Crippen LogP) is 2.93. The summed E-state index contributed by atoms with van der Waals surface area (Å²) in [5.74, 6) is 0.875. The van der Waals surface area contributed by atoms with Gasteiger partial charge in [-0.05, 0) is 18.9 Å². The van der Waals surface area contributed by atoms with Crippen LogP contribution in [0.3, 0.4) is 0 Å². The lowest BCUT2D eigenvalue weighted by molar-refractivity contribution is -0.0221. The standard InChI is InChI=1S/C17H27NO3/c1-13(2)18-11-17(21-12-14-7-6-10-20-14)15-8-4-5-9-16(15)19-3/h4-5,8-9,13-14,17-18H,6-7,10-12H2,1-3H3. The second-order valence-electron chi connectivity index (χ2n) is 5.76. The zero-order chi connectivity index (χ0) is 15.1. The number of hydrogen-bond donors (Lipinski definition) is 1. The summed E-state index contributed by atoms with van der Waals surface area (Å²) in [6.07, 6.45) is 2.45. The highest BCUT2D eigenvalue weighted by Gasteiger charge is 2.21. The van der Waals surface area contributed by atoms with Crippen molar-refractivity contribution in [1.82, 2.24) is 5.32 Å². The number of para-hydroxylation sites is 1. The van der Waals surface area contributed by atoms with Gasteiger partial charge in [0.05, 0.1) is 25.9 Å². The van der Waals surface area contributed by atoms with Crippen molar-refractivity contribution in [3.63, 3.8) is 0 Å². The van der Waals surface area contributed by atoms with E-state index < -0.39 is 0 Å². The van der Waals surface area contributed by atoms with Gasteiger partial charge in [0.2, 0.25) is 0 Å². The predicted molar refractivity (Wildman–Crippen MR) is 83.8 cm³/mol. The van der Waals surface area contributed by atoms with Crippen molar-refractivity contribution in [3.05, 3.63) is 29.8 Å². The van der Waals surface area contributed by atoms with E-state index in [4.69, 9.17) is 14.2 Å². The molecular weight excluding hydrogens is 266 g/mol. The molecule has 1 N–H and O–H groups in total. The highest BCUT2D eigenvalue weighted by molar-refractivity contribution is 5.35. The third-order valence-electron chi connectivity index (χ3n) is 3.70. The van der Waals surface area contributed by atoms with Crippen LogP contribution >= 0.6 is 0 Å². The Morgan fingerprint density at radius 1 is 1.33 bits per heavy atom. The van der Waals surface area contributed by atoms with Crippen LogP contribution in [-0.4, -0.2) is 39.0 Å². The molecule has 21 heavy (non-hydrogen) atoms. The number of methoxy groups -OCH3 is 1. The minimum absolute atomic E-state index is 0.0206. The average Bonchev–Trinajstić information content (AvgIpc) is 3.00. The van der Waals surface area contributed by atoms with Crippen LogP contribution in [0.25, 0.3) is 0 Å². The van der Waals surface area contributed by atoms with Crippen LogP contribution in [0, 0.1) is 0 Å². The van der Waals surface area contributed by atoms with E-state index in [9.17, 15) is 0 Å². The topological polar surface area (TPSA) is 39.7 Å². The molecule has 0 aliphatic carbocycles. The van der Waals surface area contributed by atoms with Gasteiger partial charge in [-0.25, -0.2) is 0 Å². The maximum Gasteiger partial charge on any atom is 0.124 e. The van der Waals surface area contributed by atoms with Crippen LogP contribution in [0.15, 0.2) is 24.3 Å². The Hall–Kier alpha value is -1.10. The van der Waals surface area contributed by atoms with Gasteiger partial charge in [-0.1, -0.05) is 32.0 Å². The molecule has 0 aromatic heterocycles. The Morgan fingerprint density at radius 2 is 2.14 bits per heavy atom. The van der Waals surface area contributed by atoms with E-state index in [1.165, 1.54) is 0 Å². The normalized spacial score (nSPS) is 19.9. The molecule has 1 heterocycles. The Kier molecular flexibility index (Phi) is 6.49. The first-order valence-electron chi connectivity index (χ1n) is 7.80. The number of benzene rings is 1. The van der Waals surface area contributed by atoms with Crippen LogP contribution in [0.5, 0.6) is 5.75 Å². The molecule has 0 radical (unpaired) electrons. The highest BCUT2D eigenvalue weighted by atomic mass is 16.5. The molecule has 1 saturated heterocycles. The fourth-order valence-corrected chi connectivity index (χ4v) is 2.53. The van der Waals surface area contributed by atoms with Crippen LogP contribution in [-0.2, 0) is 9.47 Å². The molecule has 118 valence electrons. The fourth-order valence-electron chi connectivity index (χ4n) is 2.53. The van der Waals surface area contributed by atoms with Crippen LogP contribution in [0.1, 0.15) is 38.4 Å². The SMILES string of the molecule is COc1ccccc1C(CNC(C)C)OCC1CCCO1. The summed E-state index contributed by atoms with van der Waals surface area (Å²) in [5.41, 5.74) is 1.09. The minimum Gasteiger partial charge on any atom is -0.496 e. The Morgan fingerprint density at radius 3 is 2.81 bits per heavy atom. The molecule has 0 saturated carbocycles. The number of ether oxygens (including phenoxy) is 3. The zero-order valence-corrected chi connectivity index (χ0v) is 13.3. The largest absolute Gasteiger partial charge is 0.496 e. The average molecular weight is 293 g/mol. The third-order valence-corrected chi connectivity index (χ3v) is 3.70. The minimum atomic E-state index is -0.0206. The van der Waals surface area contributed by atoms with Crippen LogP contribution < -0.4 is 10.1 Å². The Bertz CT molecular complexity index is 416. The third kappa shape index (κ3) is 4.99. The van der Waals surface area contributed by atoms with Gasteiger partial charge >= 0.3 is 0 Å². The fraction of sp³-hybridized carbons (Fsp3) is 0.647. The van der Waals surface area contributed by atoms with E-state index in [-0.39, 0.29) is 12.2 Å². The number of rotatable bonds is 8. The zero-order valence-electron chi connectivity index (χ0n) is 13.3. The molecule has 0 spiro atoms.